The zero-order chi connectivity index (χ0) is 18.8. The van der Waals surface area contributed by atoms with Crippen LogP contribution in [0.5, 0.6) is 5.75 Å². The van der Waals surface area contributed by atoms with Crippen molar-refractivity contribution in [3.63, 3.8) is 0 Å². The van der Waals surface area contributed by atoms with E-state index in [0.717, 1.165) is 6.07 Å². The van der Waals surface area contributed by atoms with Gasteiger partial charge in [-0.1, -0.05) is 46.4 Å². The Labute approximate surface area is 160 Å². The van der Waals surface area contributed by atoms with Crippen molar-refractivity contribution in [3.05, 3.63) is 56.0 Å². The van der Waals surface area contributed by atoms with E-state index in [2.05, 4.69) is 5.32 Å². The van der Waals surface area contributed by atoms with Crippen LogP contribution in [-0.4, -0.2) is 12.5 Å². The molecule has 3 nitrogen and oxygen atoms in total. The van der Waals surface area contributed by atoms with E-state index < -0.39 is 29.9 Å². The number of anilines is 1. The molecule has 0 spiro atoms. The van der Waals surface area contributed by atoms with Gasteiger partial charge < -0.3 is 10.1 Å². The van der Waals surface area contributed by atoms with Crippen molar-refractivity contribution in [2.75, 3.05) is 11.9 Å². The highest BCUT2D eigenvalue weighted by atomic mass is 35.5. The summed E-state index contributed by atoms with van der Waals surface area (Å²) in [5.41, 5.74) is -1.51. The van der Waals surface area contributed by atoms with Crippen LogP contribution in [-0.2, 0) is 11.0 Å². The quantitative estimate of drug-likeness (QED) is 0.572. The van der Waals surface area contributed by atoms with E-state index in [1.54, 1.807) is 0 Å². The Morgan fingerprint density at radius 1 is 1.00 bits per heavy atom. The van der Waals surface area contributed by atoms with E-state index in [-0.39, 0.29) is 25.8 Å². The van der Waals surface area contributed by atoms with Crippen LogP contribution in [0.2, 0.25) is 20.1 Å². The predicted molar refractivity (Wildman–Crippen MR) is 92.1 cm³/mol. The number of nitrogens with one attached hydrogen (secondary N) is 1. The number of ether oxygens (including phenoxy) is 1. The van der Waals surface area contributed by atoms with Crippen LogP contribution in [0.3, 0.4) is 0 Å². The molecule has 0 aromatic heterocycles. The minimum absolute atomic E-state index is 0.0679. The monoisotopic (exact) mass is 431 g/mol. The maximum Gasteiger partial charge on any atom is 0.418 e. The van der Waals surface area contributed by atoms with E-state index in [0.29, 0.717) is 6.07 Å². The van der Waals surface area contributed by atoms with Crippen LogP contribution < -0.4 is 10.1 Å². The molecule has 2 aromatic rings. The molecule has 0 saturated heterocycles. The summed E-state index contributed by atoms with van der Waals surface area (Å²) in [5.74, 6) is -0.756. The number of carbonyl (C=O) groups is 1. The molecular formula is C15H8Cl4F3NO2. The molecule has 0 heterocycles. The predicted octanol–water partition coefficient (Wildman–Crippen LogP) is 6.34. The van der Waals surface area contributed by atoms with Crippen LogP contribution in [0.1, 0.15) is 5.56 Å². The maximum atomic E-state index is 13.0. The van der Waals surface area contributed by atoms with Gasteiger partial charge in [0.2, 0.25) is 0 Å². The Morgan fingerprint density at radius 3 is 2.28 bits per heavy atom. The molecule has 2 aromatic carbocycles. The number of hydrogen-bond acceptors (Lipinski definition) is 2. The molecular weight excluding hydrogens is 425 g/mol. The summed E-state index contributed by atoms with van der Waals surface area (Å²) in [5, 5.41) is 2.45. The lowest BCUT2D eigenvalue weighted by atomic mass is 10.1. The van der Waals surface area contributed by atoms with Crippen molar-refractivity contribution < 1.29 is 22.7 Å². The number of halogens is 7. The molecule has 0 bridgehead atoms. The minimum atomic E-state index is -4.68. The first-order chi connectivity index (χ1) is 11.6. The average Bonchev–Trinajstić information content (AvgIpc) is 2.50. The molecule has 2 rings (SSSR count). The van der Waals surface area contributed by atoms with Gasteiger partial charge in [0.15, 0.2) is 6.61 Å². The van der Waals surface area contributed by atoms with Gasteiger partial charge in [0.25, 0.3) is 5.91 Å². The summed E-state index contributed by atoms with van der Waals surface area (Å²) in [6.45, 7) is -0.586. The lowest BCUT2D eigenvalue weighted by Crippen LogP contribution is -2.22. The molecule has 0 saturated carbocycles. The van der Waals surface area contributed by atoms with Crippen LogP contribution in [0, 0.1) is 0 Å². The summed E-state index contributed by atoms with van der Waals surface area (Å²) in [6, 6.07) is 5.61. The minimum Gasteiger partial charge on any atom is -0.482 e. The second kappa shape index (κ2) is 7.91. The fourth-order valence-corrected chi connectivity index (χ4v) is 2.57. The smallest absolute Gasteiger partial charge is 0.418 e. The molecule has 25 heavy (non-hydrogen) atoms. The first-order valence-electron chi connectivity index (χ1n) is 6.52. The highest BCUT2D eigenvalue weighted by Crippen LogP contribution is 2.37. The van der Waals surface area contributed by atoms with Crippen molar-refractivity contribution in [1.29, 1.82) is 0 Å². The SMILES string of the molecule is O=C(COc1cc(Cl)c(Cl)cc1Cl)Nc1ccc(Cl)cc1C(F)(F)F. The fourth-order valence-electron chi connectivity index (χ4n) is 1.80. The van der Waals surface area contributed by atoms with E-state index in [1.807, 2.05) is 0 Å². The summed E-state index contributed by atoms with van der Waals surface area (Å²) in [4.78, 5) is 11.9. The largest absolute Gasteiger partial charge is 0.482 e. The van der Waals surface area contributed by atoms with Crippen LogP contribution in [0.15, 0.2) is 30.3 Å². The Bertz CT molecular complexity index is 812. The molecule has 1 N–H and O–H groups in total. The van der Waals surface area contributed by atoms with Gasteiger partial charge in [-0.25, -0.2) is 0 Å². The third kappa shape index (κ3) is 5.31. The maximum absolute atomic E-state index is 13.0. The standard InChI is InChI=1S/C15H8Cl4F3NO2/c16-7-1-2-12(8(3-7)15(20,21)22)23-14(24)6-25-13-5-10(18)9(17)4-11(13)19/h1-5H,6H2,(H,23,24). The van der Waals surface area contributed by atoms with Crippen molar-refractivity contribution in [2.24, 2.45) is 0 Å². The average molecular weight is 433 g/mol. The number of benzene rings is 2. The zero-order valence-electron chi connectivity index (χ0n) is 12.1. The molecule has 134 valence electrons. The highest BCUT2D eigenvalue weighted by Gasteiger charge is 2.34. The van der Waals surface area contributed by atoms with Gasteiger partial charge in [0.1, 0.15) is 5.75 Å². The van der Waals surface area contributed by atoms with E-state index in [1.165, 1.54) is 18.2 Å². The molecule has 0 atom stereocenters. The molecule has 1 amide bonds. The van der Waals surface area contributed by atoms with Crippen molar-refractivity contribution >= 4 is 58.0 Å². The molecule has 10 heteroatoms. The van der Waals surface area contributed by atoms with E-state index >= 15 is 0 Å². The van der Waals surface area contributed by atoms with Gasteiger partial charge in [-0.15, -0.1) is 0 Å². The first-order valence-corrected chi connectivity index (χ1v) is 8.03. The summed E-state index contributed by atoms with van der Waals surface area (Å²) in [6.07, 6.45) is -4.68. The molecule has 0 aliphatic rings. The second-order valence-electron chi connectivity index (χ2n) is 4.72. The van der Waals surface area contributed by atoms with Crippen molar-refractivity contribution in [1.82, 2.24) is 0 Å². The molecule has 0 fully saturated rings. The number of amides is 1. The van der Waals surface area contributed by atoms with Gasteiger partial charge in [-0.05, 0) is 24.3 Å². The van der Waals surface area contributed by atoms with Gasteiger partial charge in [-0.2, -0.15) is 13.2 Å². The summed E-state index contributed by atoms with van der Waals surface area (Å²) in [7, 11) is 0. The Balaban J connectivity index is 2.10. The van der Waals surface area contributed by atoms with Gasteiger partial charge >= 0.3 is 6.18 Å². The number of alkyl halides is 3. The van der Waals surface area contributed by atoms with Crippen molar-refractivity contribution in [3.8, 4) is 5.75 Å². The van der Waals surface area contributed by atoms with Gasteiger partial charge in [0, 0.05) is 11.1 Å². The third-order valence-electron chi connectivity index (χ3n) is 2.89. The van der Waals surface area contributed by atoms with Gasteiger partial charge in [0.05, 0.1) is 26.3 Å². The van der Waals surface area contributed by atoms with Crippen LogP contribution in [0.25, 0.3) is 0 Å². The van der Waals surface area contributed by atoms with E-state index in [4.69, 9.17) is 51.1 Å². The molecule has 0 radical (unpaired) electrons. The lowest BCUT2D eigenvalue weighted by Gasteiger charge is -2.14. The number of rotatable bonds is 4. The Hall–Kier alpha value is -1.34. The zero-order valence-corrected chi connectivity index (χ0v) is 15.1. The fraction of sp³-hybridized carbons (Fsp3) is 0.133. The lowest BCUT2D eigenvalue weighted by molar-refractivity contribution is -0.137. The summed E-state index contributed by atoms with van der Waals surface area (Å²) < 4.78 is 44.1. The Kier molecular flexibility index (Phi) is 6.32. The topological polar surface area (TPSA) is 38.3 Å². The normalized spacial score (nSPS) is 11.3. The Morgan fingerprint density at radius 2 is 1.64 bits per heavy atom. The molecule has 0 unspecified atom stereocenters. The highest BCUT2D eigenvalue weighted by molar-refractivity contribution is 6.43. The van der Waals surface area contributed by atoms with Gasteiger partial charge in [-0.3, -0.25) is 4.79 Å². The molecule has 0 aliphatic heterocycles. The third-order valence-corrected chi connectivity index (χ3v) is 4.15. The number of carbonyl (C=O) groups excluding carboxylic acids is 1. The summed E-state index contributed by atoms with van der Waals surface area (Å²) >= 11 is 23.0. The van der Waals surface area contributed by atoms with E-state index in [9.17, 15) is 18.0 Å². The molecule has 0 aliphatic carbocycles. The van der Waals surface area contributed by atoms with Crippen LogP contribution >= 0.6 is 46.4 Å². The van der Waals surface area contributed by atoms with Crippen LogP contribution in [0.4, 0.5) is 18.9 Å². The number of hydrogen-bond donors (Lipinski definition) is 1. The second-order valence-corrected chi connectivity index (χ2v) is 6.38. The first kappa shape index (κ1) is 20.0. The van der Waals surface area contributed by atoms with Crippen molar-refractivity contribution in [2.45, 2.75) is 6.18 Å².